The van der Waals surface area contributed by atoms with E-state index >= 15 is 0 Å². The first-order chi connectivity index (χ1) is 11.6. The van der Waals surface area contributed by atoms with E-state index in [1.807, 2.05) is 24.3 Å². The Morgan fingerprint density at radius 2 is 1.88 bits per heavy atom. The Balaban J connectivity index is 1.84. The van der Waals surface area contributed by atoms with Gasteiger partial charge in [0, 0.05) is 12.6 Å². The topological polar surface area (TPSA) is 71.5 Å². The Bertz CT molecular complexity index is 663. The third-order valence-corrected chi connectivity index (χ3v) is 3.22. The molecule has 1 aromatic carbocycles. The zero-order chi connectivity index (χ0) is 17.4. The van der Waals surface area contributed by atoms with Gasteiger partial charge in [0.2, 0.25) is 5.88 Å². The second-order valence-electron chi connectivity index (χ2n) is 5.04. The first kappa shape index (κ1) is 17.8. The van der Waals surface area contributed by atoms with Gasteiger partial charge >= 0.3 is 0 Å². The summed E-state index contributed by atoms with van der Waals surface area (Å²) in [5, 5.41) is 11.7. The average molecular weight is 336 g/mol. The van der Waals surface area contributed by atoms with Crippen LogP contribution in [-0.4, -0.2) is 35.6 Å². The molecule has 0 aliphatic rings. The predicted molar refractivity (Wildman–Crippen MR) is 84.1 cm³/mol. The number of amides is 1. The molecule has 128 valence electrons. The van der Waals surface area contributed by atoms with E-state index in [2.05, 4.69) is 10.3 Å². The molecule has 0 aliphatic carbocycles. The average Bonchev–Trinajstić information content (AvgIpc) is 2.60. The summed E-state index contributed by atoms with van der Waals surface area (Å²) in [6, 6.07) is 11.8. The molecule has 1 heterocycles. The van der Waals surface area contributed by atoms with E-state index in [1.165, 1.54) is 18.2 Å². The smallest absolute Gasteiger partial charge is 0.272 e. The first-order valence-corrected chi connectivity index (χ1v) is 7.43. The number of alkyl halides is 2. The number of hydrogen-bond donors (Lipinski definition) is 2. The molecule has 1 aromatic heterocycles. The van der Waals surface area contributed by atoms with Crippen molar-refractivity contribution in [1.82, 2.24) is 10.3 Å². The predicted octanol–water partition coefficient (Wildman–Crippen LogP) is 2.19. The van der Waals surface area contributed by atoms with Crippen molar-refractivity contribution in [2.75, 3.05) is 13.2 Å². The van der Waals surface area contributed by atoms with E-state index in [0.717, 1.165) is 11.1 Å². The van der Waals surface area contributed by atoms with E-state index in [-0.39, 0.29) is 18.2 Å². The van der Waals surface area contributed by atoms with Gasteiger partial charge in [-0.05, 0) is 23.6 Å². The zero-order valence-electron chi connectivity index (χ0n) is 12.9. The van der Waals surface area contributed by atoms with Crippen LogP contribution in [0.15, 0.2) is 42.5 Å². The molecular formula is C17H18F2N2O3. The van der Waals surface area contributed by atoms with Crippen LogP contribution in [0.3, 0.4) is 0 Å². The first-order valence-electron chi connectivity index (χ1n) is 7.43. The fourth-order valence-corrected chi connectivity index (χ4v) is 1.99. The van der Waals surface area contributed by atoms with Crippen LogP contribution in [0.1, 0.15) is 21.6 Å². The van der Waals surface area contributed by atoms with Gasteiger partial charge in [0.15, 0.2) is 6.61 Å². The molecule has 0 saturated heterocycles. The second kappa shape index (κ2) is 8.93. The lowest BCUT2D eigenvalue weighted by molar-refractivity contribution is 0.0792. The summed E-state index contributed by atoms with van der Waals surface area (Å²) in [7, 11) is 0. The lowest BCUT2D eigenvalue weighted by Crippen LogP contribution is -2.26. The zero-order valence-corrected chi connectivity index (χ0v) is 12.9. The third-order valence-electron chi connectivity index (χ3n) is 3.22. The molecule has 7 heteroatoms. The number of rotatable bonds is 8. The number of nitrogens with one attached hydrogen (secondary N) is 1. The number of aliphatic hydroxyl groups is 1. The molecule has 0 aliphatic heterocycles. The van der Waals surface area contributed by atoms with Crippen molar-refractivity contribution < 1.29 is 23.4 Å². The number of pyridine rings is 1. The number of benzene rings is 1. The number of ether oxygens (including phenoxy) is 1. The van der Waals surface area contributed by atoms with Gasteiger partial charge in [0.1, 0.15) is 5.69 Å². The van der Waals surface area contributed by atoms with Crippen molar-refractivity contribution in [3.05, 3.63) is 59.3 Å². The van der Waals surface area contributed by atoms with Gasteiger partial charge in [-0.2, -0.15) is 0 Å². The minimum atomic E-state index is -2.60. The van der Waals surface area contributed by atoms with Crippen molar-refractivity contribution in [2.45, 2.75) is 19.5 Å². The quantitative estimate of drug-likeness (QED) is 0.775. The summed E-state index contributed by atoms with van der Waals surface area (Å²) in [4.78, 5) is 15.9. The molecule has 0 spiro atoms. The lowest BCUT2D eigenvalue weighted by Gasteiger charge is -2.08. The van der Waals surface area contributed by atoms with Crippen molar-refractivity contribution in [3.63, 3.8) is 0 Å². The fraction of sp³-hybridized carbons (Fsp3) is 0.294. The van der Waals surface area contributed by atoms with Gasteiger partial charge in [-0.3, -0.25) is 4.79 Å². The molecule has 0 atom stereocenters. The van der Waals surface area contributed by atoms with Gasteiger partial charge in [-0.1, -0.05) is 30.3 Å². The van der Waals surface area contributed by atoms with Crippen molar-refractivity contribution >= 4 is 5.91 Å². The summed E-state index contributed by atoms with van der Waals surface area (Å²) < 4.78 is 29.0. The number of nitrogens with zero attached hydrogens (tertiary/aromatic N) is 1. The van der Waals surface area contributed by atoms with Gasteiger partial charge in [0.25, 0.3) is 12.3 Å². The van der Waals surface area contributed by atoms with Gasteiger partial charge < -0.3 is 15.2 Å². The van der Waals surface area contributed by atoms with Crippen LogP contribution in [0.2, 0.25) is 0 Å². The maximum atomic E-state index is 12.1. The van der Waals surface area contributed by atoms with Crippen LogP contribution in [0.4, 0.5) is 8.78 Å². The maximum Gasteiger partial charge on any atom is 0.272 e. The Morgan fingerprint density at radius 3 is 2.54 bits per heavy atom. The van der Waals surface area contributed by atoms with Crippen molar-refractivity contribution in [3.8, 4) is 5.88 Å². The Labute approximate surface area is 138 Å². The highest BCUT2D eigenvalue weighted by Gasteiger charge is 2.09. The molecule has 0 fully saturated rings. The molecule has 0 bridgehead atoms. The summed E-state index contributed by atoms with van der Waals surface area (Å²) >= 11 is 0. The lowest BCUT2D eigenvalue weighted by atomic mass is 10.1. The standard InChI is InChI=1S/C17H18F2N2O3/c18-15(19)11-24-16-3-1-2-14(21-16)17(23)20-9-8-12-4-6-13(10-22)7-5-12/h1-7,15,22H,8-11H2,(H,20,23). The molecule has 2 N–H and O–H groups in total. The van der Waals surface area contributed by atoms with Crippen LogP contribution in [0.5, 0.6) is 5.88 Å². The fourth-order valence-electron chi connectivity index (χ4n) is 1.99. The van der Waals surface area contributed by atoms with E-state index < -0.39 is 18.9 Å². The molecule has 0 radical (unpaired) electrons. The Hall–Kier alpha value is -2.54. The number of halogens is 2. The molecule has 2 aromatic rings. The Kier molecular flexibility index (Phi) is 6.62. The molecule has 24 heavy (non-hydrogen) atoms. The van der Waals surface area contributed by atoms with E-state index in [0.29, 0.717) is 13.0 Å². The summed E-state index contributed by atoms with van der Waals surface area (Å²) in [5.74, 6) is -0.410. The van der Waals surface area contributed by atoms with Gasteiger partial charge in [0.05, 0.1) is 6.61 Å². The monoisotopic (exact) mass is 336 g/mol. The van der Waals surface area contributed by atoms with Crippen molar-refractivity contribution in [1.29, 1.82) is 0 Å². The highest BCUT2D eigenvalue weighted by Crippen LogP contribution is 2.09. The normalized spacial score (nSPS) is 10.7. The van der Waals surface area contributed by atoms with E-state index in [1.54, 1.807) is 0 Å². The molecule has 5 nitrogen and oxygen atoms in total. The van der Waals surface area contributed by atoms with Crippen LogP contribution >= 0.6 is 0 Å². The number of aliphatic hydroxyl groups excluding tert-OH is 1. The number of aromatic nitrogens is 1. The van der Waals surface area contributed by atoms with E-state index in [4.69, 9.17) is 9.84 Å². The summed E-state index contributed by atoms with van der Waals surface area (Å²) in [5.41, 5.74) is 1.96. The molecular weight excluding hydrogens is 318 g/mol. The van der Waals surface area contributed by atoms with Crippen LogP contribution in [0.25, 0.3) is 0 Å². The summed E-state index contributed by atoms with van der Waals surface area (Å²) in [6.07, 6.45) is -1.97. The number of carbonyl (C=O) groups is 1. The van der Waals surface area contributed by atoms with E-state index in [9.17, 15) is 13.6 Å². The minimum absolute atomic E-state index is 0.00729. The largest absolute Gasteiger partial charge is 0.472 e. The minimum Gasteiger partial charge on any atom is -0.472 e. The van der Waals surface area contributed by atoms with Crippen LogP contribution in [-0.2, 0) is 13.0 Å². The van der Waals surface area contributed by atoms with Crippen LogP contribution in [0, 0.1) is 0 Å². The van der Waals surface area contributed by atoms with Crippen LogP contribution < -0.4 is 10.1 Å². The van der Waals surface area contributed by atoms with Gasteiger partial charge in [-0.25, -0.2) is 13.8 Å². The van der Waals surface area contributed by atoms with Crippen molar-refractivity contribution in [2.24, 2.45) is 0 Å². The number of hydrogen-bond acceptors (Lipinski definition) is 4. The molecule has 2 rings (SSSR count). The molecule has 1 amide bonds. The summed E-state index contributed by atoms with van der Waals surface area (Å²) in [6.45, 7) is -0.365. The maximum absolute atomic E-state index is 12.1. The third kappa shape index (κ3) is 5.58. The second-order valence-corrected chi connectivity index (χ2v) is 5.04. The highest BCUT2D eigenvalue weighted by molar-refractivity contribution is 5.92. The van der Waals surface area contributed by atoms with Gasteiger partial charge in [-0.15, -0.1) is 0 Å². The number of carbonyl (C=O) groups excluding carboxylic acids is 1. The SMILES string of the molecule is O=C(NCCc1ccc(CO)cc1)c1cccc(OCC(F)F)n1. The highest BCUT2D eigenvalue weighted by atomic mass is 19.3. The molecule has 0 unspecified atom stereocenters. The molecule has 0 saturated carbocycles. The Morgan fingerprint density at radius 1 is 1.17 bits per heavy atom.